The molecule has 1 amide bonds. The SMILES string of the molecule is CCC(C)(C)C(=O)Nc1ccc(Cl)cc1C(=O)c1ccccc1. The lowest BCUT2D eigenvalue weighted by atomic mass is 9.89. The summed E-state index contributed by atoms with van der Waals surface area (Å²) in [6.45, 7) is 5.70. The summed E-state index contributed by atoms with van der Waals surface area (Å²) in [7, 11) is 0. The van der Waals surface area contributed by atoms with Crippen molar-refractivity contribution in [2.75, 3.05) is 5.32 Å². The Morgan fingerprint density at radius 3 is 2.35 bits per heavy atom. The minimum absolute atomic E-state index is 0.121. The first-order valence-corrected chi connectivity index (χ1v) is 7.93. The molecule has 0 atom stereocenters. The van der Waals surface area contributed by atoms with Gasteiger partial charge in [0.2, 0.25) is 5.91 Å². The molecular weight excluding hydrogens is 310 g/mol. The summed E-state index contributed by atoms with van der Waals surface area (Å²) in [5, 5.41) is 3.32. The Morgan fingerprint density at radius 2 is 1.74 bits per heavy atom. The number of hydrogen-bond donors (Lipinski definition) is 1. The van der Waals surface area contributed by atoms with Crippen molar-refractivity contribution in [3.8, 4) is 0 Å². The minimum atomic E-state index is -0.507. The number of nitrogens with one attached hydrogen (secondary N) is 1. The van der Waals surface area contributed by atoms with Crippen LogP contribution in [-0.2, 0) is 4.79 Å². The summed E-state index contributed by atoms with van der Waals surface area (Å²) < 4.78 is 0. The van der Waals surface area contributed by atoms with E-state index in [1.165, 1.54) is 0 Å². The Kier molecular flexibility index (Phi) is 5.22. The summed E-state index contributed by atoms with van der Waals surface area (Å²) in [6.07, 6.45) is 0.703. The molecule has 1 N–H and O–H groups in total. The molecule has 0 unspecified atom stereocenters. The van der Waals surface area contributed by atoms with Gasteiger partial charge in [-0.3, -0.25) is 9.59 Å². The molecular formula is C19H20ClNO2. The predicted molar refractivity (Wildman–Crippen MR) is 94.0 cm³/mol. The van der Waals surface area contributed by atoms with Crippen molar-refractivity contribution in [2.45, 2.75) is 27.2 Å². The number of anilines is 1. The van der Waals surface area contributed by atoms with Crippen LogP contribution in [0.2, 0.25) is 5.02 Å². The molecule has 0 saturated carbocycles. The second-order valence-electron chi connectivity index (χ2n) is 6.08. The maximum absolute atomic E-state index is 12.7. The van der Waals surface area contributed by atoms with E-state index < -0.39 is 5.41 Å². The van der Waals surface area contributed by atoms with Crippen molar-refractivity contribution in [3.05, 3.63) is 64.7 Å². The normalized spacial score (nSPS) is 11.1. The Balaban J connectivity index is 2.39. The molecule has 0 spiro atoms. The number of halogens is 1. The molecule has 4 heteroatoms. The van der Waals surface area contributed by atoms with Crippen LogP contribution in [0.3, 0.4) is 0 Å². The molecule has 0 saturated heterocycles. The smallest absolute Gasteiger partial charge is 0.230 e. The lowest BCUT2D eigenvalue weighted by Crippen LogP contribution is -2.30. The highest BCUT2D eigenvalue weighted by Gasteiger charge is 2.26. The molecule has 2 aromatic carbocycles. The first-order valence-electron chi connectivity index (χ1n) is 7.56. The molecule has 0 heterocycles. The van der Waals surface area contributed by atoms with Crippen LogP contribution in [0.15, 0.2) is 48.5 Å². The van der Waals surface area contributed by atoms with E-state index >= 15 is 0 Å². The topological polar surface area (TPSA) is 46.2 Å². The fourth-order valence-electron chi connectivity index (χ4n) is 2.01. The number of benzene rings is 2. The maximum Gasteiger partial charge on any atom is 0.230 e. The van der Waals surface area contributed by atoms with Gasteiger partial charge in [-0.15, -0.1) is 0 Å². The fourth-order valence-corrected chi connectivity index (χ4v) is 2.18. The van der Waals surface area contributed by atoms with Gasteiger partial charge in [0.1, 0.15) is 0 Å². The summed E-state index contributed by atoms with van der Waals surface area (Å²) in [6, 6.07) is 13.9. The molecule has 23 heavy (non-hydrogen) atoms. The van der Waals surface area contributed by atoms with Gasteiger partial charge in [-0.05, 0) is 24.6 Å². The van der Waals surface area contributed by atoms with Crippen molar-refractivity contribution < 1.29 is 9.59 Å². The van der Waals surface area contributed by atoms with E-state index in [-0.39, 0.29) is 11.7 Å². The molecule has 0 radical (unpaired) electrons. The summed E-state index contributed by atoms with van der Waals surface area (Å²) in [4.78, 5) is 25.1. The number of hydrogen-bond acceptors (Lipinski definition) is 2. The van der Waals surface area contributed by atoms with Crippen LogP contribution in [0.25, 0.3) is 0 Å². The van der Waals surface area contributed by atoms with Crippen LogP contribution in [0, 0.1) is 5.41 Å². The van der Waals surface area contributed by atoms with Gasteiger partial charge >= 0.3 is 0 Å². The summed E-state index contributed by atoms with van der Waals surface area (Å²) in [5.41, 5.74) is 0.922. The second kappa shape index (κ2) is 6.97. The molecule has 2 aromatic rings. The maximum atomic E-state index is 12.7. The highest BCUT2D eigenvalue weighted by Crippen LogP contribution is 2.27. The first kappa shape index (κ1) is 17.2. The van der Waals surface area contributed by atoms with Gasteiger partial charge in [-0.25, -0.2) is 0 Å². The number of carbonyl (C=O) groups is 2. The van der Waals surface area contributed by atoms with E-state index in [1.54, 1.807) is 42.5 Å². The molecule has 2 rings (SSSR count). The zero-order valence-corrected chi connectivity index (χ0v) is 14.3. The number of ketones is 1. The first-order chi connectivity index (χ1) is 10.8. The molecule has 0 aromatic heterocycles. The third-order valence-corrected chi connectivity index (χ3v) is 4.24. The average Bonchev–Trinajstić information content (AvgIpc) is 2.56. The van der Waals surface area contributed by atoms with Crippen molar-refractivity contribution in [1.29, 1.82) is 0 Å². The fraction of sp³-hybridized carbons (Fsp3) is 0.263. The van der Waals surface area contributed by atoms with E-state index in [0.717, 1.165) is 0 Å². The monoisotopic (exact) mass is 329 g/mol. The summed E-state index contributed by atoms with van der Waals surface area (Å²) >= 11 is 6.04. The molecule has 120 valence electrons. The van der Waals surface area contributed by atoms with E-state index in [1.807, 2.05) is 26.8 Å². The Hall–Kier alpha value is -2.13. The Labute approximate surface area is 141 Å². The molecule has 0 fully saturated rings. The number of carbonyl (C=O) groups excluding carboxylic acids is 2. The standard InChI is InChI=1S/C19H20ClNO2/c1-4-19(2,3)18(23)21-16-11-10-14(20)12-15(16)17(22)13-8-6-5-7-9-13/h5-12H,4H2,1-3H3,(H,21,23). The summed E-state index contributed by atoms with van der Waals surface area (Å²) in [5.74, 6) is -0.290. The highest BCUT2D eigenvalue weighted by atomic mass is 35.5. The van der Waals surface area contributed by atoms with Crippen LogP contribution >= 0.6 is 11.6 Å². The van der Waals surface area contributed by atoms with Gasteiger partial charge in [0.05, 0.1) is 5.69 Å². The van der Waals surface area contributed by atoms with Gasteiger partial charge in [-0.2, -0.15) is 0 Å². The van der Waals surface area contributed by atoms with Gasteiger partial charge in [0.25, 0.3) is 0 Å². The zero-order chi connectivity index (χ0) is 17.0. The van der Waals surface area contributed by atoms with Gasteiger partial charge in [0, 0.05) is 21.6 Å². The lowest BCUT2D eigenvalue weighted by Gasteiger charge is -2.22. The molecule has 3 nitrogen and oxygen atoms in total. The van der Waals surface area contributed by atoms with E-state index in [4.69, 9.17) is 11.6 Å². The van der Waals surface area contributed by atoms with Crippen molar-refractivity contribution >= 4 is 29.0 Å². The van der Waals surface area contributed by atoms with E-state index in [2.05, 4.69) is 5.32 Å². The second-order valence-corrected chi connectivity index (χ2v) is 6.51. The van der Waals surface area contributed by atoms with Crippen LogP contribution in [0.5, 0.6) is 0 Å². The van der Waals surface area contributed by atoms with Gasteiger partial charge < -0.3 is 5.32 Å². The number of amides is 1. The van der Waals surface area contributed by atoms with E-state index in [0.29, 0.717) is 28.3 Å². The third kappa shape index (κ3) is 3.99. The Bertz CT molecular complexity index is 723. The molecule has 0 aliphatic carbocycles. The molecule has 0 bridgehead atoms. The zero-order valence-electron chi connectivity index (χ0n) is 13.5. The van der Waals surface area contributed by atoms with Gasteiger partial charge in [-0.1, -0.05) is 62.7 Å². The highest BCUT2D eigenvalue weighted by molar-refractivity contribution is 6.31. The molecule has 0 aliphatic rings. The van der Waals surface area contributed by atoms with Crippen LogP contribution in [-0.4, -0.2) is 11.7 Å². The van der Waals surface area contributed by atoms with Crippen LogP contribution in [0.1, 0.15) is 43.1 Å². The Morgan fingerprint density at radius 1 is 1.09 bits per heavy atom. The third-order valence-electron chi connectivity index (χ3n) is 4.01. The average molecular weight is 330 g/mol. The lowest BCUT2D eigenvalue weighted by molar-refractivity contribution is -0.124. The largest absolute Gasteiger partial charge is 0.325 e. The number of rotatable bonds is 5. The quantitative estimate of drug-likeness (QED) is 0.789. The van der Waals surface area contributed by atoms with Crippen molar-refractivity contribution in [3.63, 3.8) is 0 Å². The van der Waals surface area contributed by atoms with Crippen LogP contribution < -0.4 is 5.32 Å². The van der Waals surface area contributed by atoms with Crippen molar-refractivity contribution in [2.24, 2.45) is 5.41 Å². The van der Waals surface area contributed by atoms with Gasteiger partial charge in [0.15, 0.2) is 5.78 Å². The van der Waals surface area contributed by atoms with Crippen LogP contribution in [0.4, 0.5) is 5.69 Å². The van der Waals surface area contributed by atoms with Crippen molar-refractivity contribution in [1.82, 2.24) is 0 Å². The predicted octanol–water partition coefficient (Wildman–Crippen LogP) is 4.95. The van der Waals surface area contributed by atoms with E-state index in [9.17, 15) is 9.59 Å². The molecule has 0 aliphatic heterocycles. The minimum Gasteiger partial charge on any atom is -0.325 e.